The molecule has 4 N–H and O–H groups in total. The first-order valence-electron chi connectivity index (χ1n) is 3.36. The third-order valence-corrected chi connectivity index (χ3v) is 1.14. The van der Waals surface area contributed by atoms with E-state index in [1.165, 1.54) is 0 Å². The van der Waals surface area contributed by atoms with Crippen LogP contribution in [0.3, 0.4) is 0 Å². The Morgan fingerprint density at radius 1 is 1.82 bits per heavy atom. The second kappa shape index (κ2) is 5.82. The van der Waals surface area contributed by atoms with Gasteiger partial charge in [0.25, 0.3) is 5.91 Å². The van der Waals surface area contributed by atoms with Gasteiger partial charge in [0.05, 0.1) is 19.0 Å². The minimum atomic E-state index is -0.524. The first-order chi connectivity index (χ1) is 5.16. The number of nitrogens with one attached hydrogen (secondary N) is 2. The third-order valence-electron chi connectivity index (χ3n) is 1.14. The minimum Gasteiger partial charge on any atom is -0.365 e. The summed E-state index contributed by atoms with van der Waals surface area (Å²) in [6.07, 6.45) is 1.27. The lowest BCUT2D eigenvalue weighted by Crippen LogP contribution is -2.37. The predicted molar refractivity (Wildman–Crippen MR) is 44.2 cm³/mol. The summed E-state index contributed by atoms with van der Waals surface area (Å²) in [7, 11) is 1.83. The number of carbonyl (C=O) groups is 1. The van der Waals surface area contributed by atoms with Gasteiger partial charge in [-0.15, -0.1) is 0 Å². The number of primary amides is 1. The molecule has 1 atom stereocenters. The van der Waals surface area contributed by atoms with Crippen LogP contribution in [0.1, 0.15) is 6.92 Å². The van der Waals surface area contributed by atoms with Crippen molar-refractivity contribution in [2.45, 2.75) is 13.1 Å². The highest BCUT2D eigenvalue weighted by Crippen LogP contribution is 1.70. The van der Waals surface area contributed by atoms with Gasteiger partial charge in [-0.05, 0) is 14.0 Å². The Morgan fingerprint density at radius 3 is 2.91 bits per heavy atom. The van der Waals surface area contributed by atoms with Crippen LogP contribution in [0.25, 0.3) is 0 Å². The molecule has 0 spiro atoms. The van der Waals surface area contributed by atoms with Crippen LogP contribution in [0.15, 0.2) is 4.99 Å². The fraction of sp³-hybridized carbons (Fsp3) is 0.667. The van der Waals surface area contributed by atoms with Crippen LogP contribution >= 0.6 is 0 Å². The van der Waals surface area contributed by atoms with Gasteiger partial charge in [-0.2, -0.15) is 0 Å². The standard InChI is InChI=1S/C6H14N4O/c1-5(8-2)10-4-9-3-6(7)11/h3,5,8,10H,4H2,1-2H3,(H2,7,11)/b9-3+. The van der Waals surface area contributed by atoms with Crippen molar-refractivity contribution in [1.29, 1.82) is 0 Å². The zero-order chi connectivity index (χ0) is 8.69. The van der Waals surface area contributed by atoms with Crippen molar-refractivity contribution < 1.29 is 4.79 Å². The van der Waals surface area contributed by atoms with Crippen molar-refractivity contribution in [3.05, 3.63) is 0 Å². The highest BCUT2D eigenvalue weighted by Gasteiger charge is 1.91. The lowest BCUT2D eigenvalue weighted by Gasteiger charge is -2.08. The summed E-state index contributed by atoms with van der Waals surface area (Å²) in [5.74, 6) is -0.524. The molecule has 0 radical (unpaired) electrons. The Kier molecular flexibility index (Phi) is 5.32. The van der Waals surface area contributed by atoms with Gasteiger partial charge >= 0.3 is 0 Å². The number of amides is 1. The predicted octanol–water partition coefficient (Wildman–Crippen LogP) is -1.34. The van der Waals surface area contributed by atoms with Crippen LogP contribution in [-0.2, 0) is 4.79 Å². The number of rotatable bonds is 5. The molecule has 0 aromatic rings. The Bertz CT molecular complexity index is 146. The van der Waals surface area contributed by atoms with Crippen molar-refractivity contribution in [3.8, 4) is 0 Å². The number of hydrogen-bond acceptors (Lipinski definition) is 4. The van der Waals surface area contributed by atoms with Gasteiger partial charge in [0.15, 0.2) is 0 Å². The molecular weight excluding hydrogens is 144 g/mol. The van der Waals surface area contributed by atoms with Crippen LogP contribution in [-0.4, -0.2) is 32.0 Å². The SMILES string of the molecule is CNC(C)NC/N=C/C(N)=O. The summed E-state index contributed by atoms with van der Waals surface area (Å²) in [4.78, 5) is 13.9. The van der Waals surface area contributed by atoms with E-state index >= 15 is 0 Å². The maximum Gasteiger partial charge on any atom is 0.259 e. The van der Waals surface area contributed by atoms with E-state index in [0.717, 1.165) is 6.21 Å². The summed E-state index contributed by atoms with van der Waals surface area (Å²) < 4.78 is 0. The van der Waals surface area contributed by atoms with Gasteiger partial charge in [0.1, 0.15) is 0 Å². The van der Waals surface area contributed by atoms with Crippen LogP contribution in [0.5, 0.6) is 0 Å². The monoisotopic (exact) mass is 158 g/mol. The zero-order valence-electron chi connectivity index (χ0n) is 6.79. The van der Waals surface area contributed by atoms with E-state index < -0.39 is 5.91 Å². The molecule has 0 rings (SSSR count). The molecule has 64 valence electrons. The molecule has 0 saturated heterocycles. The lowest BCUT2D eigenvalue weighted by atomic mass is 10.6. The molecule has 0 fully saturated rings. The highest BCUT2D eigenvalue weighted by molar-refractivity contribution is 6.25. The lowest BCUT2D eigenvalue weighted by molar-refractivity contribution is -0.111. The Labute approximate surface area is 66.1 Å². The fourth-order valence-corrected chi connectivity index (χ4v) is 0.427. The molecule has 0 bridgehead atoms. The number of aliphatic imine (C=N–C) groups is 1. The molecule has 5 heteroatoms. The smallest absolute Gasteiger partial charge is 0.259 e. The Balaban J connectivity index is 3.33. The van der Waals surface area contributed by atoms with Crippen molar-refractivity contribution in [3.63, 3.8) is 0 Å². The number of hydrogen-bond donors (Lipinski definition) is 3. The first-order valence-corrected chi connectivity index (χ1v) is 3.36. The summed E-state index contributed by atoms with van der Waals surface area (Å²) >= 11 is 0. The molecule has 11 heavy (non-hydrogen) atoms. The molecular formula is C6H14N4O. The van der Waals surface area contributed by atoms with Crippen LogP contribution in [0.2, 0.25) is 0 Å². The van der Waals surface area contributed by atoms with E-state index in [-0.39, 0.29) is 6.17 Å². The summed E-state index contributed by atoms with van der Waals surface area (Å²) in [6, 6.07) is 0. The van der Waals surface area contributed by atoms with Gasteiger partial charge < -0.3 is 11.1 Å². The van der Waals surface area contributed by atoms with Crippen LogP contribution < -0.4 is 16.4 Å². The Morgan fingerprint density at radius 2 is 2.45 bits per heavy atom. The molecule has 0 saturated carbocycles. The average Bonchev–Trinajstić information content (AvgIpc) is 1.97. The van der Waals surface area contributed by atoms with Crippen molar-refractivity contribution in [1.82, 2.24) is 10.6 Å². The minimum absolute atomic E-state index is 0.181. The molecule has 5 nitrogen and oxygen atoms in total. The number of nitrogens with two attached hydrogens (primary N) is 1. The summed E-state index contributed by atoms with van der Waals surface area (Å²) in [6.45, 7) is 2.34. The van der Waals surface area contributed by atoms with E-state index in [0.29, 0.717) is 6.67 Å². The van der Waals surface area contributed by atoms with E-state index in [1.807, 2.05) is 14.0 Å². The van der Waals surface area contributed by atoms with Gasteiger partial charge in [-0.3, -0.25) is 15.1 Å². The summed E-state index contributed by atoms with van der Waals surface area (Å²) in [5, 5.41) is 5.92. The number of carbonyl (C=O) groups excluding carboxylic acids is 1. The van der Waals surface area contributed by atoms with E-state index in [4.69, 9.17) is 5.73 Å². The van der Waals surface area contributed by atoms with E-state index in [2.05, 4.69) is 15.6 Å². The van der Waals surface area contributed by atoms with Crippen molar-refractivity contribution >= 4 is 12.1 Å². The molecule has 0 aliphatic heterocycles. The topological polar surface area (TPSA) is 79.5 Å². The Hall–Kier alpha value is -0.940. The average molecular weight is 158 g/mol. The van der Waals surface area contributed by atoms with Crippen molar-refractivity contribution in [2.75, 3.05) is 13.7 Å². The molecule has 1 amide bonds. The molecule has 0 aliphatic carbocycles. The highest BCUT2D eigenvalue weighted by atomic mass is 16.1. The van der Waals surface area contributed by atoms with Gasteiger partial charge in [0, 0.05) is 0 Å². The van der Waals surface area contributed by atoms with E-state index in [9.17, 15) is 4.79 Å². The van der Waals surface area contributed by atoms with Crippen molar-refractivity contribution in [2.24, 2.45) is 10.7 Å². The number of nitrogens with zero attached hydrogens (tertiary/aromatic N) is 1. The quantitative estimate of drug-likeness (QED) is 0.342. The maximum absolute atomic E-state index is 10.1. The summed E-state index contributed by atoms with van der Waals surface area (Å²) in [5.41, 5.74) is 4.81. The second-order valence-corrected chi connectivity index (χ2v) is 2.09. The molecule has 0 aliphatic rings. The molecule has 0 heterocycles. The van der Waals surface area contributed by atoms with E-state index in [1.54, 1.807) is 0 Å². The molecule has 0 aromatic heterocycles. The first kappa shape index (κ1) is 10.1. The largest absolute Gasteiger partial charge is 0.365 e. The third kappa shape index (κ3) is 6.95. The molecule has 0 aromatic carbocycles. The van der Waals surface area contributed by atoms with Gasteiger partial charge in [-0.1, -0.05) is 0 Å². The maximum atomic E-state index is 10.1. The van der Waals surface area contributed by atoms with Gasteiger partial charge in [-0.25, -0.2) is 0 Å². The fourth-order valence-electron chi connectivity index (χ4n) is 0.427. The molecule has 1 unspecified atom stereocenters. The van der Waals surface area contributed by atoms with Gasteiger partial charge in [0.2, 0.25) is 0 Å². The van der Waals surface area contributed by atoms with Crippen LogP contribution in [0, 0.1) is 0 Å². The van der Waals surface area contributed by atoms with Crippen LogP contribution in [0.4, 0.5) is 0 Å². The zero-order valence-corrected chi connectivity index (χ0v) is 6.79. The second-order valence-electron chi connectivity index (χ2n) is 2.09. The normalized spacial score (nSPS) is 13.6.